The number of piperazine rings is 1. The molecular weight excluding hydrogens is 321 g/mol. The summed E-state index contributed by atoms with van der Waals surface area (Å²) in [6, 6.07) is 4.38. The number of halogens is 2. The zero-order valence-corrected chi connectivity index (χ0v) is 13.9. The molecule has 126 valence electrons. The van der Waals surface area contributed by atoms with E-state index in [-0.39, 0.29) is 35.8 Å². The van der Waals surface area contributed by atoms with E-state index >= 15 is 0 Å². The van der Waals surface area contributed by atoms with Gasteiger partial charge in [0.15, 0.2) is 0 Å². The van der Waals surface area contributed by atoms with E-state index in [0.29, 0.717) is 38.3 Å². The molecule has 0 bridgehead atoms. The van der Waals surface area contributed by atoms with Crippen molar-refractivity contribution in [1.82, 2.24) is 10.2 Å². The molecule has 0 spiro atoms. The Bertz CT molecular complexity index is 611. The third kappa shape index (κ3) is 3.48. The summed E-state index contributed by atoms with van der Waals surface area (Å²) in [5.74, 6) is -0.813. The fraction of sp³-hybridized carbons (Fsp3) is 0.500. The molecule has 1 N–H and O–H groups in total. The zero-order valence-electron chi connectivity index (χ0n) is 13.0. The van der Waals surface area contributed by atoms with Gasteiger partial charge >= 0.3 is 0 Å². The Kier molecular flexibility index (Phi) is 5.59. The highest BCUT2D eigenvalue weighted by Crippen LogP contribution is 2.25. The second-order valence-corrected chi connectivity index (χ2v) is 5.86. The van der Waals surface area contributed by atoms with Crippen LogP contribution in [0.1, 0.15) is 30.1 Å². The van der Waals surface area contributed by atoms with Crippen LogP contribution in [-0.2, 0) is 4.79 Å². The van der Waals surface area contributed by atoms with Crippen molar-refractivity contribution in [3.8, 4) is 0 Å². The molecule has 2 amide bonds. The number of hydrogen-bond acceptors (Lipinski definition) is 3. The number of rotatable bonds is 2. The Morgan fingerprint density at radius 3 is 2.78 bits per heavy atom. The van der Waals surface area contributed by atoms with Crippen LogP contribution in [0.25, 0.3) is 0 Å². The maximum absolute atomic E-state index is 14.1. The molecule has 0 saturated carbocycles. The van der Waals surface area contributed by atoms with E-state index in [1.807, 2.05) is 6.92 Å². The lowest BCUT2D eigenvalue weighted by atomic mass is 10.1. The SMILES string of the molecule is C[C@H]1CNCCN1C(=O)c1cc(N2CCCC2=O)ccc1F.Cl. The average molecular weight is 342 g/mol. The topological polar surface area (TPSA) is 52.7 Å². The first-order valence-electron chi connectivity index (χ1n) is 7.69. The number of nitrogens with one attached hydrogen (secondary N) is 1. The summed E-state index contributed by atoms with van der Waals surface area (Å²) in [4.78, 5) is 27.8. The molecule has 2 aliphatic heterocycles. The first kappa shape index (κ1) is 17.7. The molecule has 1 aromatic rings. The molecule has 0 aromatic heterocycles. The van der Waals surface area contributed by atoms with Crippen molar-refractivity contribution < 1.29 is 14.0 Å². The van der Waals surface area contributed by atoms with Crippen LogP contribution in [0.2, 0.25) is 0 Å². The van der Waals surface area contributed by atoms with Crippen LogP contribution in [0.4, 0.5) is 10.1 Å². The Hall–Kier alpha value is -1.66. The first-order chi connectivity index (χ1) is 10.6. The van der Waals surface area contributed by atoms with Gasteiger partial charge < -0.3 is 15.1 Å². The van der Waals surface area contributed by atoms with Gasteiger partial charge in [-0.1, -0.05) is 0 Å². The molecule has 3 rings (SSSR count). The van der Waals surface area contributed by atoms with Crippen LogP contribution in [-0.4, -0.2) is 48.9 Å². The van der Waals surface area contributed by atoms with Crippen LogP contribution < -0.4 is 10.2 Å². The molecular formula is C16H21ClFN3O2. The first-order valence-corrected chi connectivity index (χ1v) is 7.69. The fourth-order valence-corrected chi connectivity index (χ4v) is 3.06. The Labute approximate surface area is 141 Å². The molecule has 7 heteroatoms. The van der Waals surface area contributed by atoms with Crippen LogP contribution in [0.5, 0.6) is 0 Å². The molecule has 2 saturated heterocycles. The third-order valence-electron chi connectivity index (χ3n) is 4.33. The van der Waals surface area contributed by atoms with Gasteiger partial charge in [0.2, 0.25) is 5.91 Å². The Balaban J connectivity index is 0.00000192. The molecule has 0 unspecified atom stereocenters. The number of benzene rings is 1. The normalized spacial score (nSPS) is 21.3. The van der Waals surface area contributed by atoms with Crippen LogP contribution >= 0.6 is 12.4 Å². The number of carbonyl (C=O) groups excluding carboxylic acids is 2. The highest BCUT2D eigenvalue weighted by molar-refractivity contribution is 5.99. The molecule has 0 aliphatic carbocycles. The summed E-state index contributed by atoms with van der Waals surface area (Å²) < 4.78 is 14.1. The van der Waals surface area contributed by atoms with Crippen molar-refractivity contribution in [3.63, 3.8) is 0 Å². The quantitative estimate of drug-likeness (QED) is 0.892. The minimum atomic E-state index is -0.536. The molecule has 2 aliphatic rings. The Morgan fingerprint density at radius 2 is 2.13 bits per heavy atom. The van der Waals surface area contributed by atoms with E-state index in [1.165, 1.54) is 12.1 Å². The van der Waals surface area contributed by atoms with Crippen molar-refractivity contribution in [2.45, 2.75) is 25.8 Å². The molecule has 23 heavy (non-hydrogen) atoms. The molecule has 5 nitrogen and oxygen atoms in total. The van der Waals surface area contributed by atoms with Crippen LogP contribution in [0.15, 0.2) is 18.2 Å². The van der Waals surface area contributed by atoms with E-state index in [9.17, 15) is 14.0 Å². The van der Waals surface area contributed by atoms with E-state index in [0.717, 1.165) is 6.42 Å². The van der Waals surface area contributed by atoms with Gasteiger partial charge in [0.1, 0.15) is 5.82 Å². The van der Waals surface area contributed by atoms with E-state index in [1.54, 1.807) is 15.9 Å². The molecule has 1 atom stereocenters. The average Bonchev–Trinajstić information content (AvgIpc) is 2.94. The number of nitrogens with zero attached hydrogens (tertiary/aromatic N) is 2. The van der Waals surface area contributed by atoms with Crippen molar-refractivity contribution in [2.75, 3.05) is 31.1 Å². The summed E-state index contributed by atoms with van der Waals surface area (Å²) >= 11 is 0. The van der Waals surface area contributed by atoms with Gasteiger partial charge in [-0.3, -0.25) is 9.59 Å². The number of hydrogen-bond donors (Lipinski definition) is 1. The van der Waals surface area contributed by atoms with Crippen LogP contribution in [0, 0.1) is 5.82 Å². The summed E-state index contributed by atoms with van der Waals surface area (Å²) in [6.07, 6.45) is 1.31. The lowest BCUT2D eigenvalue weighted by molar-refractivity contribution is -0.117. The molecule has 0 radical (unpaired) electrons. The Morgan fingerprint density at radius 1 is 1.35 bits per heavy atom. The van der Waals surface area contributed by atoms with Crippen molar-refractivity contribution >= 4 is 29.9 Å². The number of amides is 2. The molecule has 1 aromatic carbocycles. The smallest absolute Gasteiger partial charge is 0.257 e. The zero-order chi connectivity index (χ0) is 15.7. The summed E-state index contributed by atoms with van der Waals surface area (Å²) in [6.45, 7) is 4.55. The third-order valence-corrected chi connectivity index (χ3v) is 4.33. The van der Waals surface area contributed by atoms with Gasteiger partial charge in [0, 0.05) is 44.3 Å². The van der Waals surface area contributed by atoms with Gasteiger partial charge in [-0.2, -0.15) is 0 Å². The highest BCUT2D eigenvalue weighted by atomic mass is 35.5. The van der Waals surface area contributed by atoms with Gasteiger partial charge in [0.05, 0.1) is 5.56 Å². The van der Waals surface area contributed by atoms with Crippen LogP contribution in [0.3, 0.4) is 0 Å². The van der Waals surface area contributed by atoms with Crippen molar-refractivity contribution in [3.05, 3.63) is 29.6 Å². The largest absolute Gasteiger partial charge is 0.333 e. The molecule has 2 heterocycles. The maximum Gasteiger partial charge on any atom is 0.257 e. The monoisotopic (exact) mass is 341 g/mol. The van der Waals surface area contributed by atoms with Gasteiger partial charge in [-0.25, -0.2) is 4.39 Å². The van der Waals surface area contributed by atoms with Crippen molar-refractivity contribution in [2.24, 2.45) is 0 Å². The summed E-state index contributed by atoms with van der Waals surface area (Å²) in [5, 5.41) is 3.21. The van der Waals surface area contributed by atoms with Crippen molar-refractivity contribution in [1.29, 1.82) is 0 Å². The molecule has 2 fully saturated rings. The van der Waals surface area contributed by atoms with E-state index < -0.39 is 5.82 Å². The number of carbonyl (C=O) groups is 2. The summed E-state index contributed by atoms with van der Waals surface area (Å²) in [7, 11) is 0. The second kappa shape index (κ2) is 7.27. The van der Waals surface area contributed by atoms with Gasteiger partial charge in [0.25, 0.3) is 5.91 Å². The van der Waals surface area contributed by atoms with E-state index in [4.69, 9.17) is 0 Å². The predicted molar refractivity (Wildman–Crippen MR) is 88.6 cm³/mol. The van der Waals surface area contributed by atoms with Gasteiger partial charge in [-0.15, -0.1) is 12.4 Å². The predicted octanol–water partition coefficient (Wildman–Crippen LogP) is 1.81. The minimum absolute atomic E-state index is 0. The lowest BCUT2D eigenvalue weighted by Crippen LogP contribution is -2.52. The standard InChI is InChI=1S/C16H20FN3O2.ClH/c1-11-10-18-6-8-19(11)16(22)13-9-12(4-5-14(13)17)20-7-2-3-15(20)21;/h4-5,9,11,18H,2-3,6-8,10H2,1H3;1H/t11-;/m0./s1. The van der Waals surface area contributed by atoms with E-state index in [2.05, 4.69) is 5.32 Å². The minimum Gasteiger partial charge on any atom is -0.333 e. The highest BCUT2D eigenvalue weighted by Gasteiger charge is 2.28. The fourth-order valence-electron chi connectivity index (χ4n) is 3.06. The lowest BCUT2D eigenvalue weighted by Gasteiger charge is -2.34. The number of anilines is 1. The van der Waals surface area contributed by atoms with Gasteiger partial charge in [-0.05, 0) is 31.5 Å². The maximum atomic E-state index is 14.1. The second-order valence-electron chi connectivity index (χ2n) is 5.86. The summed E-state index contributed by atoms with van der Waals surface area (Å²) in [5.41, 5.74) is 0.654.